The standard InChI is InChI=1S/C40H40F2N6O6/c1-4-43-22-28(36(49)26-18-30(41)34(20-32(26)43)45-10-14-47(15-11-45)38(51)25-8-6-24(3)7-9-25)39(52)48-16-12-46(13-17-48)35-21-33-27(19-31(35)42)37(50)29(40(53)54)23-44(33)5-2/h6-9,18-23H,4-5,10-17H2,1-3H3,(H,53,54). The number of halogens is 2. The zero-order valence-corrected chi connectivity index (χ0v) is 30.3. The largest absolute Gasteiger partial charge is 0.477 e. The van der Waals surface area contributed by atoms with Gasteiger partial charge < -0.3 is 33.8 Å². The Morgan fingerprint density at radius 1 is 0.630 bits per heavy atom. The van der Waals surface area contributed by atoms with Gasteiger partial charge in [0.1, 0.15) is 22.8 Å². The summed E-state index contributed by atoms with van der Waals surface area (Å²) in [5.41, 5.74) is 1.20. The van der Waals surface area contributed by atoms with E-state index in [1.807, 2.05) is 30.9 Å². The minimum Gasteiger partial charge on any atom is -0.477 e. The van der Waals surface area contributed by atoms with Crippen LogP contribution in [0.2, 0.25) is 0 Å². The van der Waals surface area contributed by atoms with Crippen molar-refractivity contribution in [2.45, 2.75) is 33.9 Å². The number of aromatic carboxylic acids is 1. The summed E-state index contributed by atoms with van der Waals surface area (Å²) >= 11 is 0. The third kappa shape index (κ3) is 6.45. The van der Waals surface area contributed by atoms with Gasteiger partial charge in [0.15, 0.2) is 0 Å². The van der Waals surface area contributed by atoms with E-state index in [1.54, 1.807) is 44.1 Å². The summed E-state index contributed by atoms with van der Waals surface area (Å²) in [6.07, 6.45) is 2.76. The molecule has 2 aliphatic rings. The molecule has 4 heterocycles. The van der Waals surface area contributed by atoms with E-state index >= 15 is 8.78 Å². The molecule has 0 radical (unpaired) electrons. The van der Waals surface area contributed by atoms with Crippen LogP contribution in [0.25, 0.3) is 21.8 Å². The van der Waals surface area contributed by atoms with Gasteiger partial charge >= 0.3 is 5.97 Å². The first-order chi connectivity index (χ1) is 25.9. The summed E-state index contributed by atoms with van der Waals surface area (Å²) in [4.78, 5) is 71.9. The van der Waals surface area contributed by atoms with Gasteiger partial charge in [-0.25, -0.2) is 13.6 Å². The second-order valence-electron chi connectivity index (χ2n) is 13.7. The summed E-state index contributed by atoms with van der Waals surface area (Å²) in [5.74, 6) is -3.26. The molecule has 0 bridgehead atoms. The Bertz CT molecular complexity index is 2450. The van der Waals surface area contributed by atoms with Crippen molar-refractivity contribution in [2.75, 3.05) is 62.2 Å². The third-order valence-corrected chi connectivity index (χ3v) is 10.6. The number of hydrogen-bond donors (Lipinski definition) is 1. The SMILES string of the molecule is CCn1cc(C(=O)O)c(=O)c2cc(F)c(N3CCN(C(=O)c4cn(CC)c5cc(N6CCN(C(=O)c7ccc(C)cc7)CC6)c(F)cc5c4=O)CC3)cc21. The highest BCUT2D eigenvalue weighted by Gasteiger charge is 2.29. The van der Waals surface area contributed by atoms with Gasteiger partial charge in [-0.1, -0.05) is 17.7 Å². The number of carbonyl (C=O) groups excluding carboxylic acids is 2. The molecule has 5 aromatic rings. The number of amides is 2. The molecule has 1 N–H and O–H groups in total. The minimum atomic E-state index is -1.39. The lowest BCUT2D eigenvalue weighted by atomic mass is 10.1. The van der Waals surface area contributed by atoms with E-state index in [1.165, 1.54) is 29.4 Å². The predicted molar refractivity (Wildman–Crippen MR) is 202 cm³/mol. The molecule has 0 unspecified atom stereocenters. The average molecular weight is 739 g/mol. The normalized spacial score (nSPS) is 15.0. The van der Waals surface area contributed by atoms with Crippen LogP contribution in [0.3, 0.4) is 0 Å². The van der Waals surface area contributed by atoms with Gasteiger partial charge in [0.05, 0.1) is 22.4 Å². The van der Waals surface area contributed by atoms with Gasteiger partial charge in [-0.3, -0.25) is 19.2 Å². The molecule has 280 valence electrons. The molecule has 54 heavy (non-hydrogen) atoms. The minimum absolute atomic E-state index is 0.0353. The lowest BCUT2D eigenvalue weighted by Gasteiger charge is -2.36. The first kappa shape index (κ1) is 36.3. The van der Waals surface area contributed by atoms with E-state index in [4.69, 9.17) is 0 Å². The van der Waals surface area contributed by atoms with E-state index < -0.39 is 39.9 Å². The van der Waals surface area contributed by atoms with Gasteiger partial charge in [0.2, 0.25) is 10.9 Å². The van der Waals surface area contributed by atoms with Gasteiger partial charge in [0.25, 0.3) is 11.8 Å². The van der Waals surface area contributed by atoms with Crippen LogP contribution in [0.4, 0.5) is 20.2 Å². The quantitative estimate of drug-likeness (QED) is 0.258. The molecule has 0 spiro atoms. The van der Waals surface area contributed by atoms with Crippen LogP contribution in [0.15, 0.2) is 70.5 Å². The topological polar surface area (TPSA) is 128 Å². The molecular weight excluding hydrogens is 698 g/mol. The van der Waals surface area contributed by atoms with Crippen LogP contribution in [0.5, 0.6) is 0 Å². The van der Waals surface area contributed by atoms with Crippen LogP contribution in [0, 0.1) is 18.6 Å². The number of nitrogens with zero attached hydrogens (tertiary/aromatic N) is 6. The number of carboxylic acid groups (broad SMARTS) is 1. The van der Waals surface area contributed by atoms with Gasteiger partial charge in [-0.05, 0) is 57.2 Å². The van der Waals surface area contributed by atoms with Crippen LogP contribution >= 0.6 is 0 Å². The molecule has 2 aliphatic heterocycles. The predicted octanol–water partition coefficient (Wildman–Crippen LogP) is 4.57. The molecule has 0 aliphatic carbocycles. The molecule has 2 amide bonds. The fourth-order valence-electron chi connectivity index (χ4n) is 7.46. The smallest absolute Gasteiger partial charge is 0.341 e. The monoisotopic (exact) mass is 738 g/mol. The van der Waals surface area contributed by atoms with E-state index in [0.29, 0.717) is 61.6 Å². The summed E-state index contributed by atoms with van der Waals surface area (Å²) in [7, 11) is 0. The van der Waals surface area contributed by atoms with Crippen molar-refractivity contribution in [3.05, 3.63) is 115 Å². The molecule has 12 nitrogen and oxygen atoms in total. The number of anilines is 2. The maximum Gasteiger partial charge on any atom is 0.341 e. The second kappa shape index (κ2) is 14.4. The van der Waals surface area contributed by atoms with Crippen LogP contribution in [-0.2, 0) is 13.1 Å². The Balaban J connectivity index is 1.09. The van der Waals surface area contributed by atoms with E-state index in [9.17, 15) is 29.1 Å². The zero-order chi connectivity index (χ0) is 38.4. The number of carbonyl (C=O) groups is 3. The molecule has 2 aromatic heterocycles. The number of pyridine rings is 2. The van der Waals surface area contributed by atoms with Crippen molar-refractivity contribution in [2.24, 2.45) is 0 Å². The van der Waals surface area contributed by atoms with E-state index in [2.05, 4.69) is 0 Å². The molecule has 14 heteroatoms. The van der Waals surface area contributed by atoms with Gasteiger partial charge in [-0.15, -0.1) is 0 Å². The molecule has 2 saturated heterocycles. The highest BCUT2D eigenvalue weighted by atomic mass is 19.1. The average Bonchev–Trinajstić information content (AvgIpc) is 3.18. The summed E-state index contributed by atoms with van der Waals surface area (Å²) in [6, 6.07) is 12.8. The number of rotatable bonds is 7. The number of hydrogen-bond acceptors (Lipinski definition) is 7. The molecule has 3 aromatic carbocycles. The number of fused-ring (bicyclic) bond motifs is 2. The highest BCUT2D eigenvalue weighted by molar-refractivity contribution is 5.98. The zero-order valence-electron chi connectivity index (χ0n) is 30.3. The van der Waals surface area contributed by atoms with Crippen LogP contribution in [-0.4, -0.2) is 94.2 Å². The summed E-state index contributed by atoms with van der Waals surface area (Å²) in [5, 5.41) is 9.50. The number of aryl methyl sites for hydroxylation is 3. The first-order valence-electron chi connectivity index (χ1n) is 18.0. The summed E-state index contributed by atoms with van der Waals surface area (Å²) < 4.78 is 34.6. The molecule has 0 atom stereocenters. The van der Waals surface area contributed by atoms with Crippen molar-refractivity contribution >= 4 is 51.0 Å². The van der Waals surface area contributed by atoms with Crippen LogP contribution < -0.4 is 20.7 Å². The van der Waals surface area contributed by atoms with Gasteiger partial charge in [0, 0.05) is 94.2 Å². The van der Waals surface area contributed by atoms with Crippen molar-refractivity contribution < 1.29 is 28.3 Å². The number of carboxylic acids is 1. The highest BCUT2D eigenvalue weighted by Crippen LogP contribution is 2.29. The maximum atomic E-state index is 15.8. The van der Waals surface area contributed by atoms with Crippen molar-refractivity contribution in [3.63, 3.8) is 0 Å². The first-order valence-corrected chi connectivity index (χ1v) is 18.0. The Hall–Kier alpha value is -6.05. The van der Waals surface area contributed by atoms with Crippen molar-refractivity contribution in [1.82, 2.24) is 18.9 Å². The van der Waals surface area contributed by atoms with Gasteiger partial charge in [-0.2, -0.15) is 0 Å². The van der Waals surface area contributed by atoms with Crippen molar-refractivity contribution in [3.8, 4) is 0 Å². The van der Waals surface area contributed by atoms with Crippen molar-refractivity contribution in [1.29, 1.82) is 0 Å². The third-order valence-electron chi connectivity index (χ3n) is 10.6. The molecule has 2 fully saturated rings. The summed E-state index contributed by atoms with van der Waals surface area (Å²) in [6.45, 7) is 8.82. The number of aromatic nitrogens is 2. The molecule has 7 rings (SSSR count). The van der Waals surface area contributed by atoms with Crippen LogP contribution in [0.1, 0.15) is 50.5 Å². The Labute approximate surface area is 309 Å². The Morgan fingerprint density at radius 2 is 1.06 bits per heavy atom. The maximum absolute atomic E-state index is 15.8. The molecular formula is C40H40F2N6O6. The number of benzene rings is 3. The van der Waals surface area contributed by atoms with E-state index in [0.717, 1.165) is 11.6 Å². The Morgan fingerprint density at radius 3 is 1.50 bits per heavy atom. The fraction of sp³-hybridized carbons (Fsp3) is 0.325. The number of piperazine rings is 2. The lowest BCUT2D eigenvalue weighted by Crippen LogP contribution is -2.50. The fourth-order valence-corrected chi connectivity index (χ4v) is 7.46. The van der Waals surface area contributed by atoms with E-state index in [-0.39, 0.29) is 54.1 Å². The molecule has 0 saturated carbocycles. The lowest BCUT2D eigenvalue weighted by molar-refractivity contribution is 0.0692. The Kier molecular flexibility index (Phi) is 9.69. The second-order valence-corrected chi connectivity index (χ2v) is 13.7.